The van der Waals surface area contributed by atoms with E-state index in [0.717, 1.165) is 19.5 Å². The lowest BCUT2D eigenvalue weighted by Gasteiger charge is -2.09. The van der Waals surface area contributed by atoms with E-state index in [1.807, 2.05) is 0 Å². The van der Waals surface area contributed by atoms with Crippen LogP contribution in [0.15, 0.2) is 18.2 Å². The van der Waals surface area contributed by atoms with Crippen LogP contribution in [-0.4, -0.2) is 19.1 Å². The Kier molecular flexibility index (Phi) is 6.48. The van der Waals surface area contributed by atoms with Crippen LogP contribution in [0.3, 0.4) is 0 Å². The third kappa shape index (κ3) is 5.48. The Balaban J connectivity index is 2.22. The molecular weight excluding hydrogens is 239 g/mol. The fourth-order valence-corrected chi connectivity index (χ4v) is 1.75. The van der Waals surface area contributed by atoms with Crippen molar-refractivity contribution in [2.45, 2.75) is 32.9 Å². The largest absolute Gasteiger partial charge is 0.314 e. The minimum absolute atomic E-state index is 0.245. The highest BCUT2D eigenvalue weighted by atomic mass is 35.5. The number of hydrogen-bond acceptors (Lipinski definition) is 2. The van der Waals surface area contributed by atoms with Crippen LogP contribution < -0.4 is 10.6 Å². The van der Waals surface area contributed by atoms with E-state index in [1.54, 1.807) is 12.1 Å². The standard InChI is InChI=1S/C13H20ClFN2/c1-10(2)17-8-4-7-16-9-11-12(14)5-3-6-13(11)15/h3,5-6,10,16-17H,4,7-9H2,1-2H3. The number of hydrogen-bond donors (Lipinski definition) is 2. The van der Waals surface area contributed by atoms with Crippen LogP contribution in [0.1, 0.15) is 25.8 Å². The van der Waals surface area contributed by atoms with Gasteiger partial charge in [0.15, 0.2) is 0 Å². The molecule has 17 heavy (non-hydrogen) atoms. The highest BCUT2D eigenvalue weighted by Crippen LogP contribution is 2.18. The number of halogens is 2. The summed E-state index contributed by atoms with van der Waals surface area (Å²) in [6.07, 6.45) is 1.02. The van der Waals surface area contributed by atoms with Crippen molar-refractivity contribution in [3.8, 4) is 0 Å². The van der Waals surface area contributed by atoms with E-state index in [2.05, 4.69) is 24.5 Å². The Bertz CT molecular complexity index is 322. The topological polar surface area (TPSA) is 24.1 Å². The third-order valence-corrected chi connectivity index (χ3v) is 2.80. The third-order valence-electron chi connectivity index (χ3n) is 2.45. The number of rotatable bonds is 7. The molecule has 4 heteroatoms. The van der Waals surface area contributed by atoms with Crippen LogP contribution in [0.4, 0.5) is 4.39 Å². The molecule has 0 aliphatic heterocycles. The molecule has 0 saturated heterocycles. The molecule has 0 atom stereocenters. The van der Waals surface area contributed by atoms with Gasteiger partial charge in [0.25, 0.3) is 0 Å². The van der Waals surface area contributed by atoms with E-state index < -0.39 is 0 Å². The minimum atomic E-state index is -0.245. The van der Waals surface area contributed by atoms with Crippen molar-refractivity contribution in [2.24, 2.45) is 0 Å². The molecule has 0 heterocycles. The van der Waals surface area contributed by atoms with Gasteiger partial charge < -0.3 is 10.6 Å². The van der Waals surface area contributed by atoms with Crippen LogP contribution in [0.25, 0.3) is 0 Å². The summed E-state index contributed by atoms with van der Waals surface area (Å²) < 4.78 is 13.4. The fraction of sp³-hybridized carbons (Fsp3) is 0.538. The first-order chi connectivity index (χ1) is 8.11. The molecule has 2 N–H and O–H groups in total. The van der Waals surface area contributed by atoms with E-state index >= 15 is 0 Å². The van der Waals surface area contributed by atoms with Gasteiger partial charge in [0.2, 0.25) is 0 Å². The summed E-state index contributed by atoms with van der Waals surface area (Å²) in [6, 6.07) is 5.27. The molecule has 0 saturated carbocycles. The van der Waals surface area contributed by atoms with Gasteiger partial charge in [0.05, 0.1) is 0 Å². The molecule has 0 fully saturated rings. The van der Waals surface area contributed by atoms with Crippen LogP contribution in [0.5, 0.6) is 0 Å². The maximum Gasteiger partial charge on any atom is 0.129 e. The highest BCUT2D eigenvalue weighted by Gasteiger charge is 2.05. The fourth-order valence-electron chi connectivity index (χ4n) is 1.52. The van der Waals surface area contributed by atoms with E-state index in [4.69, 9.17) is 11.6 Å². The predicted octanol–water partition coefficient (Wildman–Crippen LogP) is 2.96. The molecule has 2 nitrogen and oxygen atoms in total. The summed E-state index contributed by atoms with van der Waals surface area (Å²) in [5.41, 5.74) is 0.547. The van der Waals surface area contributed by atoms with Crippen LogP contribution >= 0.6 is 11.6 Å². The Morgan fingerprint density at radius 3 is 2.71 bits per heavy atom. The van der Waals surface area contributed by atoms with E-state index in [1.165, 1.54) is 6.07 Å². The first kappa shape index (κ1) is 14.4. The Hall–Kier alpha value is -0.640. The molecule has 1 aromatic rings. The molecule has 0 aromatic heterocycles. The van der Waals surface area contributed by atoms with Gasteiger partial charge in [-0.1, -0.05) is 31.5 Å². The Labute approximate surface area is 108 Å². The molecule has 0 aliphatic rings. The second-order valence-corrected chi connectivity index (χ2v) is 4.75. The molecule has 1 rings (SSSR count). The van der Waals surface area contributed by atoms with Gasteiger partial charge in [-0.2, -0.15) is 0 Å². The Morgan fingerprint density at radius 1 is 1.29 bits per heavy atom. The summed E-state index contributed by atoms with van der Waals surface area (Å²) in [5.74, 6) is -0.245. The smallest absolute Gasteiger partial charge is 0.129 e. The van der Waals surface area contributed by atoms with Crippen molar-refractivity contribution in [1.82, 2.24) is 10.6 Å². The monoisotopic (exact) mass is 258 g/mol. The molecule has 0 radical (unpaired) electrons. The lowest BCUT2D eigenvalue weighted by atomic mass is 10.2. The molecule has 0 unspecified atom stereocenters. The number of benzene rings is 1. The van der Waals surface area contributed by atoms with Gasteiger partial charge in [-0.05, 0) is 31.6 Å². The summed E-state index contributed by atoms with van der Waals surface area (Å²) in [5, 5.41) is 7.00. The normalized spacial score (nSPS) is 11.1. The quantitative estimate of drug-likeness (QED) is 0.735. The molecule has 1 aromatic carbocycles. The summed E-state index contributed by atoms with van der Waals surface area (Å²) in [7, 11) is 0. The van der Waals surface area contributed by atoms with Gasteiger partial charge in [0.1, 0.15) is 5.82 Å². The van der Waals surface area contributed by atoms with Crippen molar-refractivity contribution < 1.29 is 4.39 Å². The van der Waals surface area contributed by atoms with E-state index in [0.29, 0.717) is 23.2 Å². The highest BCUT2D eigenvalue weighted by molar-refractivity contribution is 6.31. The van der Waals surface area contributed by atoms with Crippen LogP contribution in [0.2, 0.25) is 5.02 Å². The lowest BCUT2D eigenvalue weighted by molar-refractivity contribution is 0.540. The van der Waals surface area contributed by atoms with Gasteiger partial charge in [-0.3, -0.25) is 0 Å². The average Bonchev–Trinajstić information content (AvgIpc) is 2.26. The Morgan fingerprint density at radius 2 is 2.06 bits per heavy atom. The molecule has 0 aliphatic carbocycles. The van der Waals surface area contributed by atoms with Crippen molar-refractivity contribution in [2.75, 3.05) is 13.1 Å². The van der Waals surface area contributed by atoms with Crippen LogP contribution in [0, 0.1) is 5.82 Å². The zero-order chi connectivity index (χ0) is 12.7. The predicted molar refractivity (Wildman–Crippen MR) is 70.9 cm³/mol. The summed E-state index contributed by atoms with van der Waals surface area (Å²) in [6.45, 7) is 6.53. The minimum Gasteiger partial charge on any atom is -0.314 e. The van der Waals surface area contributed by atoms with Gasteiger partial charge >= 0.3 is 0 Å². The maximum absolute atomic E-state index is 13.4. The molecular formula is C13H20ClFN2. The first-order valence-electron chi connectivity index (χ1n) is 5.98. The molecule has 0 bridgehead atoms. The number of nitrogens with one attached hydrogen (secondary N) is 2. The van der Waals surface area contributed by atoms with Crippen molar-refractivity contribution >= 4 is 11.6 Å². The lowest BCUT2D eigenvalue weighted by Crippen LogP contribution is -2.26. The second kappa shape index (κ2) is 7.64. The van der Waals surface area contributed by atoms with Crippen molar-refractivity contribution in [1.29, 1.82) is 0 Å². The van der Waals surface area contributed by atoms with E-state index in [9.17, 15) is 4.39 Å². The van der Waals surface area contributed by atoms with E-state index in [-0.39, 0.29) is 5.82 Å². The van der Waals surface area contributed by atoms with Crippen LogP contribution in [-0.2, 0) is 6.54 Å². The summed E-state index contributed by atoms with van der Waals surface area (Å²) in [4.78, 5) is 0. The molecule has 0 spiro atoms. The molecule has 96 valence electrons. The SMILES string of the molecule is CC(C)NCCCNCc1c(F)cccc1Cl. The summed E-state index contributed by atoms with van der Waals surface area (Å²) >= 11 is 5.92. The molecule has 0 amide bonds. The maximum atomic E-state index is 13.4. The zero-order valence-electron chi connectivity index (χ0n) is 10.4. The zero-order valence-corrected chi connectivity index (χ0v) is 11.1. The van der Waals surface area contributed by atoms with Crippen molar-refractivity contribution in [3.05, 3.63) is 34.6 Å². The van der Waals surface area contributed by atoms with Gasteiger partial charge in [-0.15, -0.1) is 0 Å². The first-order valence-corrected chi connectivity index (χ1v) is 6.36. The second-order valence-electron chi connectivity index (χ2n) is 4.34. The van der Waals surface area contributed by atoms with Crippen molar-refractivity contribution in [3.63, 3.8) is 0 Å². The van der Waals surface area contributed by atoms with Gasteiger partial charge in [-0.25, -0.2) is 4.39 Å². The van der Waals surface area contributed by atoms with Gasteiger partial charge in [0, 0.05) is 23.2 Å². The average molecular weight is 259 g/mol.